The van der Waals surface area contributed by atoms with Crippen LogP contribution in [0.15, 0.2) is 24.3 Å². The second-order valence-electron chi connectivity index (χ2n) is 5.67. The molecule has 0 aliphatic rings. The molecule has 4 nitrogen and oxygen atoms in total. The molecule has 21 heavy (non-hydrogen) atoms. The monoisotopic (exact) mass is 329 g/mol. The maximum Gasteiger partial charge on any atom is 0.323 e. The molecule has 1 N–H and O–H groups in total. The summed E-state index contributed by atoms with van der Waals surface area (Å²) in [7, 11) is 0. The van der Waals surface area contributed by atoms with Crippen LogP contribution in [0.2, 0.25) is 5.02 Å². The van der Waals surface area contributed by atoms with Gasteiger partial charge in [-0.3, -0.25) is 9.59 Å². The predicted molar refractivity (Wildman–Crippen MR) is 86.7 cm³/mol. The molecular weight excluding hydrogens is 310 g/mol. The zero-order chi connectivity index (χ0) is 16.0. The Morgan fingerprint density at radius 3 is 2.52 bits per heavy atom. The van der Waals surface area contributed by atoms with Crippen LogP contribution in [-0.4, -0.2) is 39.7 Å². The van der Waals surface area contributed by atoms with Crippen molar-refractivity contribution in [2.24, 2.45) is 0 Å². The molecule has 1 aromatic rings. The van der Waals surface area contributed by atoms with Crippen LogP contribution in [0.25, 0.3) is 0 Å². The number of aliphatic carboxylic acids is 1. The number of nitrogens with zero attached hydrogens (tertiary/aromatic N) is 1. The van der Waals surface area contributed by atoms with Crippen LogP contribution in [0.4, 0.5) is 0 Å². The van der Waals surface area contributed by atoms with Gasteiger partial charge in [-0.05, 0) is 38.5 Å². The van der Waals surface area contributed by atoms with E-state index in [1.807, 2.05) is 39.0 Å². The van der Waals surface area contributed by atoms with Crippen molar-refractivity contribution in [1.82, 2.24) is 4.90 Å². The molecule has 0 saturated carbocycles. The molecule has 1 amide bonds. The number of rotatable bonds is 6. The molecule has 0 atom stereocenters. The molecule has 0 radical (unpaired) electrons. The van der Waals surface area contributed by atoms with Crippen LogP contribution in [0.5, 0.6) is 0 Å². The van der Waals surface area contributed by atoms with Gasteiger partial charge in [0.1, 0.15) is 6.54 Å². The Labute approximate surface area is 134 Å². The average Bonchev–Trinajstić information content (AvgIpc) is 2.34. The van der Waals surface area contributed by atoms with Crippen molar-refractivity contribution in [1.29, 1.82) is 0 Å². The fourth-order valence-electron chi connectivity index (χ4n) is 1.80. The summed E-state index contributed by atoms with van der Waals surface area (Å²) in [5, 5.41) is 9.58. The number of carbonyl (C=O) groups is 2. The van der Waals surface area contributed by atoms with Crippen molar-refractivity contribution in [3.05, 3.63) is 34.9 Å². The molecule has 0 aromatic heterocycles. The summed E-state index contributed by atoms with van der Waals surface area (Å²) in [6.07, 6.45) is 0. The summed E-state index contributed by atoms with van der Waals surface area (Å²) in [6, 6.07) is 7.47. The van der Waals surface area contributed by atoms with E-state index in [2.05, 4.69) is 0 Å². The summed E-state index contributed by atoms with van der Waals surface area (Å²) >= 11 is 7.36. The highest BCUT2D eigenvalue weighted by atomic mass is 35.5. The van der Waals surface area contributed by atoms with Gasteiger partial charge in [0.15, 0.2) is 0 Å². The first kappa shape index (κ1) is 17.9. The smallest absolute Gasteiger partial charge is 0.323 e. The second-order valence-corrected chi connectivity index (χ2v) is 7.09. The first-order valence-corrected chi connectivity index (χ1v) is 8.08. The number of carboxylic acid groups (broad SMARTS) is 1. The maximum atomic E-state index is 12.2. The van der Waals surface area contributed by atoms with Crippen LogP contribution >= 0.6 is 23.4 Å². The molecule has 0 aliphatic heterocycles. The molecule has 0 saturated heterocycles. The molecule has 0 spiro atoms. The molecule has 0 fully saturated rings. The first-order valence-electron chi connectivity index (χ1n) is 6.54. The Hall–Kier alpha value is -1.20. The molecule has 116 valence electrons. The number of carboxylic acids is 1. The SMILES string of the molecule is CC(C)(C)N(CC(=O)O)C(=O)CSCc1cccc(Cl)c1. The van der Waals surface area contributed by atoms with Gasteiger partial charge in [0, 0.05) is 16.3 Å². The number of hydrogen-bond acceptors (Lipinski definition) is 3. The van der Waals surface area contributed by atoms with Gasteiger partial charge < -0.3 is 10.0 Å². The molecule has 0 bridgehead atoms. The second kappa shape index (κ2) is 7.71. The Morgan fingerprint density at radius 2 is 2.00 bits per heavy atom. The predicted octanol–water partition coefficient (Wildman–Crippen LogP) is 3.28. The minimum Gasteiger partial charge on any atom is -0.480 e. The van der Waals surface area contributed by atoms with Crippen LogP contribution in [0, 0.1) is 0 Å². The van der Waals surface area contributed by atoms with Crippen LogP contribution in [0.1, 0.15) is 26.3 Å². The van der Waals surface area contributed by atoms with Gasteiger partial charge in [-0.2, -0.15) is 0 Å². The summed E-state index contributed by atoms with van der Waals surface area (Å²) in [4.78, 5) is 24.5. The van der Waals surface area contributed by atoms with E-state index >= 15 is 0 Å². The third kappa shape index (κ3) is 6.40. The van der Waals surface area contributed by atoms with E-state index in [0.29, 0.717) is 10.8 Å². The van der Waals surface area contributed by atoms with E-state index in [9.17, 15) is 9.59 Å². The van der Waals surface area contributed by atoms with Crippen LogP contribution < -0.4 is 0 Å². The number of thioether (sulfide) groups is 1. The van der Waals surface area contributed by atoms with E-state index in [4.69, 9.17) is 16.7 Å². The van der Waals surface area contributed by atoms with Crippen molar-refractivity contribution in [2.45, 2.75) is 32.1 Å². The van der Waals surface area contributed by atoms with Crippen molar-refractivity contribution in [3.63, 3.8) is 0 Å². The van der Waals surface area contributed by atoms with Crippen molar-refractivity contribution >= 4 is 35.2 Å². The highest BCUT2D eigenvalue weighted by molar-refractivity contribution is 7.99. The molecule has 0 aliphatic carbocycles. The number of hydrogen-bond donors (Lipinski definition) is 1. The summed E-state index contributed by atoms with van der Waals surface area (Å²) in [5.74, 6) is -0.260. The van der Waals surface area contributed by atoms with E-state index in [0.717, 1.165) is 5.56 Å². The Bertz CT molecular complexity index is 514. The molecule has 1 aromatic carbocycles. The summed E-state index contributed by atoms with van der Waals surface area (Å²) in [6.45, 7) is 5.21. The van der Waals surface area contributed by atoms with E-state index < -0.39 is 11.5 Å². The normalized spacial score (nSPS) is 11.2. The highest BCUT2D eigenvalue weighted by Crippen LogP contribution is 2.19. The quantitative estimate of drug-likeness (QED) is 0.870. The van der Waals surface area contributed by atoms with Gasteiger partial charge in [-0.15, -0.1) is 11.8 Å². The van der Waals surface area contributed by atoms with Crippen LogP contribution in [0.3, 0.4) is 0 Å². The van der Waals surface area contributed by atoms with Gasteiger partial charge >= 0.3 is 5.97 Å². The average molecular weight is 330 g/mol. The Balaban J connectivity index is 2.56. The number of amides is 1. The van der Waals surface area contributed by atoms with E-state index in [1.54, 1.807) is 6.07 Å². The molecular formula is C15H20ClNO3S. The van der Waals surface area contributed by atoms with Crippen molar-refractivity contribution < 1.29 is 14.7 Å². The zero-order valence-corrected chi connectivity index (χ0v) is 14.0. The Kier molecular flexibility index (Phi) is 6.55. The van der Waals surface area contributed by atoms with Crippen LogP contribution in [-0.2, 0) is 15.3 Å². The Morgan fingerprint density at radius 1 is 1.33 bits per heavy atom. The third-order valence-electron chi connectivity index (χ3n) is 2.79. The van der Waals surface area contributed by atoms with E-state index in [1.165, 1.54) is 16.7 Å². The van der Waals surface area contributed by atoms with Crippen molar-refractivity contribution in [2.75, 3.05) is 12.3 Å². The third-order valence-corrected chi connectivity index (χ3v) is 4.01. The maximum absolute atomic E-state index is 12.2. The molecule has 0 heterocycles. The summed E-state index contributed by atoms with van der Waals surface area (Å²) in [5.41, 5.74) is 0.535. The van der Waals surface area contributed by atoms with Crippen molar-refractivity contribution in [3.8, 4) is 0 Å². The first-order chi connectivity index (χ1) is 9.70. The fraction of sp³-hybridized carbons (Fsp3) is 0.467. The largest absolute Gasteiger partial charge is 0.480 e. The lowest BCUT2D eigenvalue weighted by molar-refractivity contribution is -0.146. The molecule has 6 heteroatoms. The zero-order valence-electron chi connectivity index (χ0n) is 12.4. The number of carbonyl (C=O) groups excluding carboxylic acids is 1. The van der Waals surface area contributed by atoms with Gasteiger partial charge in [-0.25, -0.2) is 0 Å². The minimum atomic E-state index is -1.00. The lowest BCUT2D eigenvalue weighted by Crippen LogP contribution is -2.49. The standard InChI is InChI=1S/C15H20ClNO3S/c1-15(2,3)17(8-14(19)20)13(18)10-21-9-11-5-4-6-12(16)7-11/h4-7H,8-10H2,1-3H3,(H,19,20). The molecule has 1 rings (SSSR count). The van der Waals surface area contributed by atoms with Gasteiger partial charge in [0.05, 0.1) is 5.75 Å². The van der Waals surface area contributed by atoms with Gasteiger partial charge in [0.25, 0.3) is 0 Å². The topological polar surface area (TPSA) is 57.6 Å². The number of halogens is 1. The lowest BCUT2D eigenvalue weighted by Gasteiger charge is -2.34. The molecule has 0 unspecified atom stereocenters. The fourth-order valence-corrected chi connectivity index (χ4v) is 2.86. The number of benzene rings is 1. The summed E-state index contributed by atoms with van der Waals surface area (Å²) < 4.78 is 0. The highest BCUT2D eigenvalue weighted by Gasteiger charge is 2.27. The minimum absolute atomic E-state index is 0.170. The van der Waals surface area contributed by atoms with E-state index in [-0.39, 0.29) is 18.2 Å². The van der Waals surface area contributed by atoms with Gasteiger partial charge in [-0.1, -0.05) is 23.7 Å². The lowest BCUT2D eigenvalue weighted by atomic mass is 10.1. The van der Waals surface area contributed by atoms with Gasteiger partial charge in [0.2, 0.25) is 5.91 Å².